The maximum absolute atomic E-state index is 8.13. The molecular formula is C13H16NO3W+2. The van der Waals surface area contributed by atoms with Gasteiger partial charge in [0, 0.05) is 0 Å². The molecule has 0 bridgehead atoms. The molecular weight excluding hydrogens is 402 g/mol. The van der Waals surface area contributed by atoms with Gasteiger partial charge in [-0.2, -0.15) is 0 Å². The van der Waals surface area contributed by atoms with Gasteiger partial charge in [0.2, 0.25) is 0 Å². The molecule has 5 radical (unpaired) electrons. The quantitative estimate of drug-likeness (QED) is 0.230. The van der Waals surface area contributed by atoms with Gasteiger partial charge in [-0.25, -0.2) is 0 Å². The maximum Gasteiger partial charge on any atom is 2.00 e. The van der Waals surface area contributed by atoms with Crippen molar-refractivity contribution in [2.45, 2.75) is 20.8 Å². The molecule has 1 N–H and O–H groups in total. The second kappa shape index (κ2) is 25.3. The van der Waals surface area contributed by atoms with Crippen molar-refractivity contribution in [2.24, 2.45) is 5.16 Å². The van der Waals surface area contributed by atoms with E-state index in [0.717, 1.165) is 5.57 Å². The Labute approximate surface area is 124 Å². The van der Waals surface area contributed by atoms with Crippen molar-refractivity contribution in [1.29, 1.82) is 0 Å². The fourth-order valence-electron chi connectivity index (χ4n) is 0.767. The number of hydrogen-bond donors (Lipinski definition) is 1. The van der Waals surface area contributed by atoms with Gasteiger partial charge in [-0.15, -0.1) is 0 Å². The molecule has 0 unspecified atom stereocenters. The maximum atomic E-state index is 8.13. The zero-order chi connectivity index (χ0) is 14.1. The first kappa shape index (κ1) is 26.0. The van der Waals surface area contributed by atoms with Gasteiger partial charge >= 0.3 is 43.7 Å². The van der Waals surface area contributed by atoms with Crippen LogP contribution in [0.2, 0.25) is 0 Å². The third-order valence-electron chi connectivity index (χ3n) is 1.21. The second-order valence-corrected chi connectivity index (χ2v) is 2.93. The Hall–Kier alpha value is -0.622. The van der Waals surface area contributed by atoms with Crippen LogP contribution in [-0.4, -0.2) is 10.9 Å². The van der Waals surface area contributed by atoms with E-state index >= 15 is 0 Å². The van der Waals surface area contributed by atoms with Crippen LogP contribution in [-0.2, 0) is 30.4 Å². The number of allylic oxidation sites excluding steroid dienone is 2. The van der Waals surface area contributed by atoms with E-state index in [4.69, 9.17) is 14.5 Å². The molecule has 0 aromatic heterocycles. The first-order valence-electron chi connectivity index (χ1n) is 4.58. The van der Waals surface area contributed by atoms with Crippen molar-refractivity contribution < 1.29 is 35.6 Å². The van der Waals surface area contributed by atoms with Crippen LogP contribution in [0.1, 0.15) is 20.8 Å². The normalized spacial score (nSPS) is 11.8. The Morgan fingerprint density at radius 2 is 1.22 bits per heavy atom. The van der Waals surface area contributed by atoms with Gasteiger partial charge in [-0.3, -0.25) is 0 Å². The molecule has 18 heavy (non-hydrogen) atoms. The molecule has 1 aliphatic carbocycles. The van der Waals surface area contributed by atoms with E-state index in [1.54, 1.807) is 13.0 Å². The Morgan fingerprint density at radius 3 is 1.33 bits per heavy atom. The van der Waals surface area contributed by atoms with Crippen LogP contribution in [0.4, 0.5) is 0 Å². The van der Waals surface area contributed by atoms with Crippen molar-refractivity contribution in [3.63, 3.8) is 0 Å². The summed E-state index contributed by atoms with van der Waals surface area (Å²) in [5.41, 5.74) is 1.78. The van der Waals surface area contributed by atoms with Gasteiger partial charge in [0.05, 0.1) is 5.71 Å². The minimum atomic E-state index is 0. The predicted molar refractivity (Wildman–Crippen MR) is 63.7 cm³/mol. The fourth-order valence-corrected chi connectivity index (χ4v) is 0.767. The average molecular weight is 418 g/mol. The molecule has 0 aliphatic heterocycles. The Kier molecular flexibility index (Phi) is 36.6. The molecule has 95 valence electrons. The van der Waals surface area contributed by atoms with Crippen molar-refractivity contribution in [3.05, 3.63) is 57.1 Å². The fraction of sp³-hybridized carbons (Fsp3) is 0.231. The Morgan fingerprint density at radius 1 is 0.944 bits per heavy atom. The summed E-state index contributed by atoms with van der Waals surface area (Å²) in [4.78, 5) is 0. The molecule has 0 amide bonds. The summed E-state index contributed by atoms with van der Waals surface area (Å²) >= 11 is 0. The summed E-state index contributed by atoms with van der Waals surface area (Å²) in [7, 11) is 0. The monoisotopic (exact) mass is 418 g/mol. The van der Waals surface area contributed by atoms with Gasteiger partial charge < -0.3 is 5.21 Å². The van der Waals surface area contributed by atoms with Crippen LogP contribution >= 0.6 is 0 Å². The number of rotatable bonds is 1. The third-order valence-corrected chi connectivity index (χ3v) is 1.21. The molecule has 0 saturated heterocycles. The first-order chi connectivity index (χ1) is 8.16. The summed E-state index contributed by atoms with van der Waals surface area (Å²) < 4.78 is 15.0. The van der Waals surface area contributed by atoms with Crippen LogP contribution in [0.3, 0.4) is 0 Å². The predicted octanol–water partition coefficient (Wildman–Crippen LogP) is 2.75. The molecule has 0 aromatic rings. The summed E-state index contributed by atoms with van der Waals surface area (Å²) in [6.45, 7) is 14.6. The Balaban J connectivity index is -0.0000000847. The summed E-state index contributed by atoms with van der Waals surface area (Å²) in [6, 6.07) is 0. The molecule has 1 rings (SSSR count). The van der Waals surface area contributed by atoms with Gasteiger partial charge in [0.1, 0.15) is 0 Å². The average Bonchev–Trinajstić information content (AvgIpc) is 2.92. The second-order valence-electron chi connectivity index (χ2n) is 2.93. The number of hydrogen-bond acceptors (Lipinski definition) is 2. The molecule has 1 saturated carbocycles. The molecule has 4 nitrogen and oxygen atoms in total. The van der Waals surface area contributed by atoms with E-state index < -0.39 is 0 Å². The van der Waals surface area contributed by atoms with E-state index in [-0.39, 0.29) is 21.1 Å². The summed E-state index contributed by atoms with van der Waals surface area (Å²) in [5.74, 6) is 0. The van der Waals surface area contributed by atoms with Crippen LogP contribution in [0.25, 0.3) is 0 Å². The minimum absolute atomic E-state index is 0. The number of oxime groups is 1. The van der Waals surface area contributed by atoms with Gasteiger partial charge in [-0.1, -0.05) is 10.7 Å². The van der Waals surface area contributed by atoms with Crippen molar-refractivity contribution in [1.82, 2.24) is 0 Å². The van der Waals surface area contributed by atoms with E-state index in [9.17, 15) is 0 Å². The first-order valence-corrected chi connectivity index (χ1v) is 4.58. The third kappa shape index (κ3) is 29.5. The van der Waals surface area contributed by atoms with Crippen LogP contribution in [0.5, 0.6) is 0 Å². The standard InChI is InChI=1S/C6H11NO.C5H5.2CO.W/c1-5(2)4-6(3)7-8;1-2-4-5-3-1;2*1-2;/h4,8H,1-3H3;1-5H;;;/q;;;;+2/b7-6+;;;;. The summed E-state index contributed by atoms with van der Waals surface area (Å²) in [6.07, 6.45) is 11.8. The largest absolute Gasteiger partial charge is 2.00 e. The topological polar surface area (TPSA) is 72.4 Å². The van der Waals surface area contributed by atoms with E-state index in [2.05, 4.69) is 18.5 Å². The van der Waals surface area contributed by atoms with Gasteiger partial charge in [0.15, 0.2) is 0 Å². The Bertz CT molecular complexity index is 236. The van der Waals surface area contributed by atoms with Crippen LogP contribution in [0, 0.1) is 45.4 Å². The van der Waals surface area contributed by atoms with Crippen molar-refractivity contribution in [2.75, 3.05) is 0 Å². The number of nitrogens with zero attached hydrogens (tertiary/aromatic N) is 1. The van der Waals surface area contributed by atoms with Crippen LogP contribution in [0.15, 0.2) is 16.8 Å². The molecule has 0 aromatic carbocycles. The molecule has 1 aliphatic rings. The molecule has 1 fully saturated rings. The van der Waals surface area contributed by atoms with Gasteiger partial charge in [-0.05, 0) is 59.0 Å². The smallest absolute Gasteiger partial charge is 0.0312 e. The molecule has 0 atom stereocenters. The van der Waals surface area contributed by atoms with Crippen LogP contribution < -0.4 is 0 Å². The van der Waals surface area contributed by atoms with Crippen molar-refractivity contribution in [3.8, 4) is 0 Å². The molecule has 5 heteroatoms. The molecule has 0 spiro atoms. The zero-order valence-electron chi connectivity index (χ0n) is 10.6. The summed E-state index contributed by atoms with van der Waals surface area (Å²) in [5, 5.41) is 11.1. The minimum Gasteiger partial charge on any atom is -0.0312 e. The SMILES string of the molecule is CC(C)=C/C(C)=N/O.[C-]#[O+].[C-]#[O+].[CH]1[CH][CH][CH][CH]1.[W+2]. The van der Waals surface area contributed by atoms with Gasteiger partial charge in [0.25, 0.3) is 0 Å². The molecule has 0 heterocycles. The van der Waals surface area contributed by atoms with E-state index in [1.807, 2.05) is 46.0 Å². The van der Waals surface area contributed by atoms with E-state index in [0.29, 0.717) is 5.71 Å². The van der Waals surface area contributed by atoms with E-state index in [1.165, 1.54) is 0 Å². The van der Waals surface area contributed by atoms with Crippen molar-refractivity contribution >= 4 is 5.71 Å². The zero-order valence-corrected chi connectivity index (χ0v) is 13.5.